The SMILES string of the molecule is Cn1ccnc1[C@H](NC(=O)[C@@H]1CC=CCC1)c1cccc(F)c1. The summed E-state index contributed by atoms with van der Waals surface area (Å²) in [4.78, 5) is 16.9. The van der Waals surface area contributed by atoms with Crippen LogP contribution in [0.15, 0.2) is 48.8 Å². The highest BCUT2D eigenvalue weighted by atomic mass is 19.1. The Balaban J connectivity index is 1.88. The summed E-state index contributed by atoms with van der Waals surface area (Å²) in [5, 5.41) is 3.05. The molecule has 0 radical (unpaired) electrons. The van der Waals surface area contributed by atoms with Crippen LogP contribution in [0.3, 0.4) is 0 Å². The number of halogens is 1. The zero-order valence-corrected chi connectivity index (χ0v) is 13.1. The molecular weight excluding hydrogens is 293 g/mol. The first-order chi connectivity index (χ1) is 11.1. The van der Waals surface area contributed by atoms with Crippen molar-refractivity contribution in [1.82, 2.24) is 14.9 Å². The third-order valence-corrected chi connectivity index (χ3v) is 4.23. The van der Waals surface area contributed by atoms with Gasteiger partial charge in [-0.3, -0.25) is 4.79 Å². The number of carbonyl (C=O) groups excluding carboxylic acids is 1. The second-order valence-electron chi connectivity index (χ2n) is 5.87. The van der Waals surface area contributed by atoms with E-state index in [9.17, 15) is 9.18 Å². The predicted octanol–water partition coefficient (Wildman–Crippen LogP) is 3.12. The van der Waals surface area contributed by atoms with Crippen molar-refractivity contribution in [2.45, 2.75) is 25.3 Å². The number of allylic oxidation sites excluding steroid dienone is 2. The van der Waals surface area contributed by atoms with Crippen molar-refractivity contribution in [1.29, 1.82) is 0 Å². The summed E-state index contributed by atoms with van der Waals surface area (Å²) in [6.07, 6.45) is 10.2. The van der Waals surface area contributed by atoms with Gasteiger partial charge in [0.05, 0.1) is 0 Å². The average molecular weight is 313 g/mol. The van der Waals surface area contributed by atoms with Crippen LogP contribution in [0.1, 0.15) is 36.7 Å². The first-order valence-corrected chi connectivity index (χ1v) is 7.83. The van der Waals surface area contributed by atoms with Crippen molar-refractivity contribution in [3.05, 3.63) is 66.0 Å². The molecule has 1 N–H and O–H groups in total. The number of nitrogens with one attached hydrogen (secondary N) is 1. The van der Waals surface area contributed by atoms with Crippen molar-refractivity contribution in [3.63, 3.8) is 0 Å². The number of aryl methyl sites for hydroxylation is 1. The fraction of sp³-hybridized carbons (Fsp3) is 0.333. The minimum atomic E-state index is -0.455. The zero-order chi connectivity index (χ0) is 16.2. The Bertz CT molecular complexity index is 723. The van der Waals surface area contributed by atoms with Crippen LogP contribution >= 0.6 is 0 Å². The van der Waals surface area contributed by atoms with Crippen molar-refractivity contribution in [3.8, 4) is 0 Å². The largest absolute Gasteiger partial charge is 0.342 e. The van der Waals surface area contributed by atoms with E-state index < -0.39 is 6.04 Å². The third kappa shape index (κ3) is 3.50. The molecule has 2 aromatic rings. The van der Waals surface area contributed by atoms with E-state index in [1.165, 1.54) is 12.1 Å². The molecule has 1 aromatic carbocycles. The molecule has 1 heterocycles. The molecule has 23 heavy (non-hydrogen) atoms. The highest BCUT2D eigenvalue weighted by molar-refractivity contribution is 5.79. The smallest absolute Gasteiger partial charge is 0.224 e. The maximum atomic E-state index is 13.6. The Morgan fingerprint density at radius 2 is 2.30 bits per heavy atom. The van der Waals surface area contributed by atoms with Gasteiger partial charge < -0.3 is 9.88 Å². The van der Waals surface area contributed by atoms with E-state index in [-0.39, 0.29) is 17.6 Å². The molecule has 5 heteroatoms. The number of benzene rings is 1. The minimum absolute atomic E-state index is 0.00777. The highest BCUT2D eigenvalue weighted by Crippen LogP contribution is 2.24. The molecule has 1 amide bonds. The topological polar surface area (TPSA) is 46.9 Å². The zero-order valence-electron chi connectivity index (χ0n) is 13.1. The second kappa shape index (κ2) is 6.77. The van der Waals surface area contributed by atoms with Crippen LogP contribution in [0.4, 0.5) is 4.39 Å². The van der Waals surface area contributed by atoms with Gasteiger partial charge in [-0.1, -0.05) is 24.3 Å². The number of aromatic nitrogens is 2. The number of hydrogen-bond donors (Lipinski definition) is 1. The maximum Gasteiger partial charge on any atom is 0.224 e. The first kappa shape index (κ1) is 15.5. The lowest BCUT2D eigenvalue weighted by molar-refractivity contribution is -0.125. The fourth-order valence-corrected chi connectivity index (χ4v) is 2.93. The molecule has 0 spiro atoms. The Morgan fingerprint density at radius 1 is 1.43 bits per heavy atom. The monoisotopic (exact) mass is 313 g/mol. The lowest BCUT2D eigenvalue weighted by atomic mass is 9.93. The van der Waals surface area contributed by atoms with E-state index in [4.69, 9.17) is 0 Å². The number of imidazole rings is 1. The molecule has 120 valence electrons. The molecule has 0 unspecified atom stereocenters. The average Bonchev–Trinajstić information content (AvgIpc) is 2.99. The van der Waals surface area contributed by atoms with Gasteiger partial charge in [-0.2, -0.15) is 0 Å². The molecular formula is C18H20FN3O. The van der Waals surface area contributed by atoms with E-state index in [1.807, 2.05) is 30.0 Å². The Kier molecular flexibility index (Phi) is 4.55. The van der Waals surface area contributed by atoms with Gasteiger partial charge in [0.25, 0.3) is 0 Å². The predicted molar refractivity (Wildman–Crippen MR) is 86.1 cm³/mol. The van der Waals surface area contributed by atoms with Gasteiger partial charge >= 0.3 is 0 Å². The van der Waals surface area contributed by atoms with Gasteiger partial charge in [-0.15, -0.1) is 0 Å². The molecule has 1 aromatic heterocycles. The quantitative estimate of drug-likeness (QED) is 0.882. The molecule has 0 saturated carbocycles. The summed E-state index contributed by atoms with van der Waals surface area (Å²) < 4.78 is 15.5. The van der Waals surface area contributed by atoms with Crippen molar-refractivity contribution in [2.75, 3.05) is 0 Å². The molecule has 0 aliphatic heterocycles. The number of hydrogen-bond acceptors (Lipinski definition) is 2. The fourth-order valence-electron chi connectivity index (χ4n) is 2.93. The molecule has 1 aliphatic rings. The number of nitrogens with zero attached hydrogens (tertiary/aromatic N) is 2. The third-order valence-electron chi connectivity index (χ3n) is 4.23. The summed E-state index contributed by atoms with van der Waals surface area (Å²) in [6, 6.07) is 5.84. The number of rotatable bonds is 4. The van der Waals surface area contributed by atoms with Crippen molar-refractivity contribution < 1.29 is 9.18 Å². The highest BCUT2D eigenvalue weighted by Gasteiger charge is 2.25. The van der Waals surface area contributed by atoms with Gasteiger partial charge in [0.1, 0.15) is 17.7 Å². The number of amides is 1. The van der Waals surface area contributed by atoms with Crippen molar-refractivity contribution in [2.24, 2.45) is 13.0 Å². The summed E-state index contributed by atoms with van der Waals surface area (Å²) in [5.41, 5.74) is 0.694. The van der Waals surface area contributed by atoms with Crippen LogP contribution < -0.4 is 5.32 Å². The molecule has 1 aliphatic carbocycles. The second-order valence-corrected chi connectivity index (χ2v) is 5.87. The Labute approximate surface area is 135 Å². The molecule has 0 saturated heterocycles. The van der Waals surface area contributed by atoms with E-state index in [1.54, 1.807) is 12.3 Å². The molecule has 0 fully saturated rings. The lowest BCUT2D eigenvalue weighted by Gasteiger charge is -2.23. The molecule has 2 atom stereocenters. The Morgan fingerprint density at radius 3 is 2.96 bits per heavy atom. The summed E-state index contributed by atoms with van der Waals surface area (Å²) in [5.74, 6) is 0.329. The molecule has 0 bridgehead atoms. The van der Waals surface area contributed by atoms with Gasteiger partial charge in [-0.25, -0.2) is 9.37 Å². The summed E-state index contributed by atoms with van der Waals surface area (Å²) >= 11 is 0. The first-order valence-electron chi connectivity index (χ1n) is 7.83. The van der Waals surface area contributed by atoms with Gasteiger partial charge in [0.2, 0.25) is 5.91 Å². The van der Waals surface area contributed by atoms with E-state index in [0.717, 1.165) is 19.3 Å². The summed E-state index contributed by atoms with van der Waals surface area (Å²) in [7, 11) is 1.87. The van der Waals surface area contributed by atoms with Gasteiger partial charge in [-0.05, 0) is 37.0 Å². The number of carbonyl (C=O) groups is 1. The summed E-state index contributed by atoms with van der Waals surface area (Å²) in [6.45, 7) is 0. The van der Waals surface area contributed by atoms with Crippen LogP contribution in [-0.4, -0.2) is 15.5 Å². The van der Waals surface area contributed by atoms with Gasteiger partial charge in [0.15, 0.2) is 0 Å². The van der Waals surface area contributed by atoms with Crippen molar-refractivity contribution >= 4 is 5.91 Å². The molecule has 4 nitrogen and oxygen atoms in total. The minimum Gasteiger partial charge on any atom is -0.342 e. The lowest BCUT2D eigenvalue weighted by Crippen LogP contribution is -2.36. The van der Waals surface area contributed by atoms with Crippen LogP contribution in [0, 0.1) is 11.7 Å². The molecule has 3 rings (SSSR count). The van der Waals surface area contributed by atoms with E-state index in [2.05, 4.69) is 16.4 Å². The van der Waals surface area contributed by atoms with Gasteiger partial charge in [0, 0.05) is 25.4 Å². The van der Waals surface area contributed by atoms with E-state index in [0.29, 0.717) is 11.4 Å². The van der Waals surface area contributed by atoms with Crippen LogP contribution in [0.5, 0.6) is 0 Å². The maximum absolute atomic E-state index is 13.6. The van der Waals surface area contributed by atoms with Crippen LogP contribution in [0.2, 0.25) is 0 Å². The van der Waals surface area contributed by atoms with E-state index >= 15 is 0 Å². The normalized spacial score (nSPS) is 18.6. The Hall–Kier alpha value is -2.43. The van der Waals surface area contributed by atoms with Crippen LogP contribution in [0.25, 0.3) is 0 Å². The standard InChI is InChI=1S/C18H20FN3O/c1-22-11-10-20-17(22)16(14-8-5-9-15(19)12-14)21-18(23)13-6-3-2-4-7-13/h2-3,5,8-13,16H,4,6-7H2,1H3,(H,21,23)/t13-,16-/m1/s1. The van der Waals surface area contributed by atoms with Crippen LogP contribution in [-0.2, 0) is 11.8 Å².